The Labute approximate surface area is 166 Å². The van der Waals surface area contributed by atoms with Crippen molar-refractivity contribution in [3.05, 3.63) is 59.7 Å². The first kappa shape index (κ1) is 17.4. The number of rotatable bonds is 5. The minimum atomic E-state index is 0.0703. The highest BCUT2D eigenvalue weighted by molar-refractivity contribution is 5.70. The molecule has 3 atom stereocenters. The van der Waals surface area contributed by atoms with Crippen LogP contribution in [0.15, 0.2) is 43.0 Å². The second kappa shape index (κ2) is 6.45. The predicted octanol–water partition coefficient (Wildman–Crippen LogP) is 3.55. The van der Waals surface area contributed by atoms with Gasteiger partial charge in [-0.2, -0.15) is 0 Å². The van der Waals surface area contributed by atoms with Crippen LogP contribution in [0.5, 0.6) is 11.5 Å². The molecule has 5 heteroatoms. The first-order valence-electron chi connectivity index (χ1n) is 9.95. The Balaban J connectivity index is 1.34. The number of benzene rings is 2. The molecule has 0 aromatic heterocycles. The highest BCUT2D eigenvalue weighted by Gasteiger charge is 2.49. The first-order chi connectivity index (χ1) is 13.5. The van der Waals surface area contributed by atoms with Crippen LogP contribution in [0.25, 0.3) is 5.70 Å². The van der Waals surface area contributed by atoms with Crippen LogP contribution in [0, 0.1) is 6.92 Å². The van der Waals surface area contributed by atoms with Crippen molar-refractivity contribution in [3.63, 3.8) is 0 Å². The third-order valence-electron chi connectivity index (χ3n) is 6.43. The van der Waals surface area contributed by atoms with Crippen LogP contribution in [-0.2, 0) is 0 Å². The Hall–Kier alpha value is -2.66. The van der Waals surface area contributed by atoms with Crippen LogP contribution in [0.2, 0.25) is 0 Å². The van der Waals surface area contributed by atoms with Gasteiger partial charge in [-0.05, 0) is 44.7 Å². The summed E-state index contributed by atoms with van der Waals surface area (Å²) in [6, 6.07) is 14.2. The molecule has 0 aliphatic carbocycles. The fraction of sp³-hybridized carbons (Fsp3) is 0.391. The van der Waals surface area contributed by atoms with Crippen LogP contribution < -0.4 is 19.7 Å². The predicted molar refractivity (Wildman–Crippen MR) is 112 cm³/mol. The number of fused-ring (bicyclic) bond motifs is 2. The molecule has 5 rings (SSSR count). The zero-order valence-electron chi connectivity index (χ0n) is 16.7. The van der Waals surface area contributed by atoms with Gasteiger partial charge >= 0.3 is 0 Å². The molecule has 146 valence electrons. The smallest absolute Gasteiger partial charge is 0.231 e. The number of aryl methyl sites for hydroxylation is 1. The maximum atomic E-state index is 5.67. The van der Waals surface area contributed by atoms with E-state index in [4.69, 9.17) is 9.47 Å². The Bertz CT molecular complexity index is 941. The lowest BCUT2D eigenvalue weighted by Gasteiger charge is -2.62. The number of nitrogens with zero attached hydrogens (tertiary/aromatic N) is 2. The number of para-hydroxylation sites is 1. The average Bonchev–Trinajstić information content (AvgIpc) is 3.15. The summed E-state index contributed by atoms with van der Waals surface area (Å²) in [5.74, 6) is 1.65. The van der Waals surface area contributed by atoms with Crippen LogP contribution in [0.3, 0.4) is 0 Å². The molecule has 28 heavy (non-hydrogen) atoms. The molecule has 0 saturated carbocycles. The minimum Gasteiger partial charge on any atom is -0.454 e. The number of likely N-dealkylation sites (tertiary alicyclic amines) is 1. The van der Waals surface area contributed by atoms with Crippen molar-refractivity contribution in [1.82, 2.24) is 10.2 Å². The van der Waals surface area contributed by atoms with Gasteiger partial charge in [-0.15, -0.1) is 0 Å². The van der Waals surface area contributed by atoms with Crippen molar-refractivity contribution in [1.29, 1.82) is 0 Å². The van der Waals surface area contributed by atoms with E-state index < -0.39 is 0 Å². The summed E-state index contributed by atoms with van der Waals surface area (Å²) in [6.45, 7) is 11.2. The van der Waals surface area contributed by atoms with Crippen molar-refractivity contribution in [3.8, 4) is 11.5 Å². The van der Waals surface area contributed by atoms with Crippen LogP contribution in [0.4, 0.5) is 5.69 Å². The number of likely N-dealkylation sites (N-methyl/N-ethyl adjacent to an activating group) is 1. The van der Waals surface area contributed by atoms with Crippen LogP contribution >= 0.6 is 0 Å². The Morgan fingerprint density at radius 2 is 2.04 bits per heavy atom. The van der Waals surface area contributed by atoms with E-state index >= 15 is 0 Å². The van der Waals surface area contributed by atoms with Crippen LogP contribution in [-0.4, -0.2) is 43.9 Å². The third-order valence-corrected chi connectivity index (χ3v) is 6.43. The molecule has 0 spiro atoms. The molecule has 0 amide bonds. The van der Waals surface area contributed by atoms with E-state index in [1.165, 1.54) is 16.8 Å². The number of ether oxygens (including phenoxy) is 2. The topological polar surface area (TPSA) is 37.0 Å². The number of piperazine rings is 1. The zero-order chi connectivity index (χ0) is 19.4. The molecule has 2 aromatic carbocycles. The van der Waals surface area contributed by atoms with Gasteiger partial charge in [0.15, 0.2) is 11.5 Å². The number of hydrogen-bond acceptors (Lipinski definition) is 5. The highest BCUT2D eigenvalue weighted by Crippen LogP contribution is 2.40. The fourth-order valence-corrected chi connectivity index (χ4v) is 4.60. The Morgan fingerprint density at radius 3 is 2.79 bits per heavy atom. The van der Waals surface area contributed by atoms with E-state index in [-0.39, 0.29) is 12.8 Å². The standard InChI is InChI=1S/C23H27N3O2/c1-14-8-9-17(26-12-20-21(26)11-25(20)4)10-19(14)16(3)24-15(2)18-6-5-7-22-23(18)28-13-27-22/h5-10,15,20-21,24H,3,11-13H2,1-2,4H3/t15-,20+,21?/m1/s1. The quantitative estimate of drug-likeness (QED) is 0.863. The largest absolute Gasteiger partial charge is 0.454 e. The fourth-order valence-electron chi connectivity index (χ4n) is 4.60. The number of anilines is 1. The van der Waals surface area contributed by atoms with Crippen molar-refractivity contribution in [2.24, 2.45) is 0 Å². The van der Waals surface area contributed by atoms with E-state index in [0.717, 1.165) is 41.9 Å². The van der Waals surface area contributed by atoms with Gasteiger partial charge in [0.2, 0.25) is 6.79 Å². The number of hydrogen-bond donors (Lipinski definition) is 1. The van der Waals surface area contributed by atoms with E-state index in [0.29, 0.717) is 6.04 Å². The molecule has 1 unspecified atom stereocenters. The molecule has 3 heterocycles. The lowest BCUT2D eigenvalue weighted by Crippen LogP contribution is -2.78. The van der Waals surface area contributed by atoms with E-state index in [9.17, 15) is 0 Å². The average molecular weight is 377 g/mol. The summed E-state index contributed by atoms with van der Waals surface area (Å²) >= 11 is 0. The molecule has 5 nitrogen and oxygen atoms in total. The lowest BCUT2D eigenvalue weighted by molar-refractivity contribution is 0.0369. The maximum absolute atomic E-state index is 5.67. The Morgan fingerprint density at radius 1 is 1.18 bits per heavy atom. The molecule has 3 aliphatic heterocycles. The van der Waals surface area contributed by atoms with Gasteiger partial charge in [0, 0.05) is 41.6 Å². The third kappa shape index (κ3) is 2.65. The molecule has 2 aromatic rings. The maximum Gasteiger partial charge on any atom is 0.231 e. The first-order valence-corrected chi connectivity index (χ1v) is 9.95. The molecular formula is C23H27N3O2. The molecule has 3 aliphatic rings. The van der Waals surface area contributed by atoms with Gasteiger partial charge in [0.25, 0.3) is 0 Å². The van der Waals surface area contributed by atoms with Gasteiger partial charge in [-0.3, -0.25) is 4.90 Å². The molecule has 0 bridgehead atoms. The second-order valence-corrected chi connectivity index (χ2v) is 8.15. The van der Waals surface area contributed by atoms with Crippen molar-refractivity contribution in [2.75, 3.05) is 31.8 Å². The summed E-state index contributed by atoms with van der Waals surface area (Å²) in [5, 5.41) is 3.57. The van der Waals surface area contributed by atoms with E-state index in [2.05, 4.69) is 66.9 Å². The van der Waals surface area contributed by atoms with Crippen molar-refractivity contribution >= 4 is 11.4 Å². The van der Waals surface area contributed by atoms with Crippen molar-refractivity contribution < 1.29 is 9.47 Å². The second-order valence-electron chi connectivity index (χ2n) is 8.15. The van der Waals surface area contributed by atoms with Crippen molar-refractivity contribution in [2.45, 2.75) is 32.0 Å². The van der Waals surface area contributed by atoms with Gasteiger partial charge in [-0.25, -0.2) is 0 Å². The van der Waals surface area contributed by atoms with Gasteiger partial charge in [-0.1, -0.05) is 24.8 Å². The monoisotopic (exact) mass is 377 g/mol. The van der Waals surface area contributed by atoms with Gasteiger partial charge in [0.1, 0.15) is 0 Å². The number of nitrogens with one attached hydrogen (secondary N) is 1. The molecule has 1 N–H and O–H groups in total. The van der Waals surface area contributed by atoms with E-state index in [1.54, 1.807) is 0 Å². The zero-order valence-corrected chi connectivity index (χ0v) is 16.7. The summed E-state index contributed by atoms with van der Waals surface area (Å²) in [6.07, 6.45) is 0. The Kier molecular flexibility index (Phi) is 4.02. The summed E-state index contributed by atoms with van der Waals surface area (Å²) in [4.78, 5) is 4.95. The minimum absolute atomic E-state index is 0.0703. The van der Waals surface area contributed by atoms with Gasteiger partial charge in [0.05, 0.1) is 12.1 Å². The van der Waals surface area contributed by atoms with Gasteiger partial charge < -0.3 is 19.7 Å². The lowest BCUT2D eigenvalue weighted by atomic mass is 9.85. The summed E-state index contributed by atoms with van der Waals surface area (Å²) in [7, 11) is 2.21. The van der Waals surface area contributed by atoms with E-state index in [1.807, 2.05) is 12.1 Å². The summed E-state index contributed by atoms with van der Waals surface area (Å²) in [5.41, 5.74) is 5.72. The highest BCUT2D eigenvalue weighted by atomic mass is 16.7. The molecule has 2 fully saturated rings. The molecule has 0 radical (unpaired) electrons. The molecule has 2 saturated heterocycles. The SMILES string of the molecule is C=C(N[C@H](C)c1cccc2c1OCO2)c1cc(N2C[C@H]3C2CN3C)ccc1C. The summed E-state index contributed by atoms with van der Waals surface area (Å²) < 4.78 is 11.2. The van der Waals surface area contributed by atoms with Crippen LogP contribution in [0.1, 0.15) is 29.7 Å². The molecular weight excluding hydrogens is 350 g/mol. The normalized spacial score (nSPS) is 23.5.